The van der Waals surface area contributed by atoms with Crippen LogP contribution in [0, 0.1) is 0 Å². The van der Waals surface area contributed by atoms with E-state index in [0.29, 0.717) is 34.0 Å². The number of esters is 1. The van der Waals surface area contributed by atoms with Crippen molar-refractivity contribution in [1.82, 2.24) is 0 Å². The van der Waals surface area contributed by atoms with Crippen LogP contribution in [0.3, 0.4) is 0 Å². The van der Waals surface area contributed by atoms with E-state index in [1.807, 2.05) is 30.3 Å². The number of hydrogen-bond acceptors (Lipinski definition) is 4. The van der Waals surface area contributed by atoms with Gasteiger partial charge in [-0.1, -0.05) is 45.7 Å². The number of nitrogens with zero attached hydrogens (tertiary/aromatic N) is 1. The summed E-state index contributed by atoms with van der Waals surface area (Å²) in [6.45, 7) is 0.833. The lowest BCUT2D eigenvalue weighted by Gasteiger charge is -2.13. The number of aliphatic imine (C=N–C) groups is 1. The summed E-state index contributed by atoms with van der Waals surface area (Å²) in [4.78, 5) is 29.4. The molecule has 29 heavy (non-hydrogen) atoms. The Morgan fingerprint density at radius 3 is 2.72 bits per heavy atom. The Balaban J connectivity index is 1.94. The Labute approximate surface area is 182 Å². The summed E-state index contributed by atoms with van der Waals surface area (Å²) in [5.41, 5.74) is 6.19. The van der Waals surface area contributed by atoms with Crippen molar-refractivity contribution < 1.29 is 20.1 Å². The summed E-state index contributed by atoms with van der Waals surface area (Å²) >= 11 is 9.85. The third kappa shape index (κ3) is 5.44. The fraction of sp³-hybridized carbons (Fsp3) is 0.286. The van der Waals surface area contributed by atoms with Gasteiger partial charge in [-0.15, -0.1) is 0 Å². The number of anilines is 1. The average Bonchev–Trinajstić information content (AvgIpc) is 2.82. The van der Waals surface area contributed by atoms with Crippen molar-refractivity contribution in [3.63, 3.8) is 0 Å². The van der Waals surface area contributed by atoms with Crippen LogP contribution in [-0.2, 0) is 14.3 Å². The van der Waals surface area contributed by atoms with Gasteiger partial charge in [-0.25, -0.2) is 4.99 Å². The molecule has 2 aromatic carbocycles. The highest BCUT2D eigenvalue weighted by Crippen LogP contribution is 2.30. The van der Waals surface area contributed by atoms with Gasteiger partial charge >= 0.3 is 5.97 Å². The van der Waals surface area contributed by atoms with E-state index < -0.39 is 18.1 Å². The number of fused-ring (bicyclic) bond motifs is 1. The number of amides is 1. The predicted molar refractivity (Wildman–Crippen MR) is 116 cm³/mol. The predicted octanol–water partition coefficient (Wildman–Crippen LogP) is 3.56. The van der Waals surface area contributed by atoms with Gasteiger partial charge in [0.05, 0.1) is 17.9 Å². The molecule has 1 amide bonds. The molecule has 0 saturated carbocycles. The average molecular weight is 480 g/mol. The van der Waals surface area contributed by atoms with Crippen LogP contribution in [0.25, 0.3) is 0 Å². The van der Waals surface area contributed by atoms with E-state index in [9.17, 15) is 9.59 Å². The topological polar surface area (TPSA) is 95.4 Å². The highest BCUT2D eigenvalue weighted by molar-refractivity contribution is 9.10. The number of halogens is 2. The van der Waals surface area contributed by atoms with Crippen molar-refractivity contribution >= 4 is 50.8 Å². The molecule has 0 fully saturated rings. The van der Waals surface area contributed by atoms with Crippen molar-refractivity contribution in [3.8, 4) is 0 Å². The summed E-state index contributed by atoms with van der Waals surface area (Å²) in [6, 6.07) is 12.7. The maximum Gasteiger partial charge on any atom is 0.308 e. The van der Waals surface area contributed by atoms with Crippen LogP contribution in [0.4, 0.5) is 5.69 Å². The molecule has 1 unspecified atom stereocenters. The molecule has 0 spiro atoms. The minimum absolute atomic E-state index is 0.235. The van der Waals surface area contributed by atoms with E-state index in [0.717, 1.165) is 23.9 Å². The summed E-state index contributed by atoms with van der Waals surface area (Å²) in [7, 11) is 0. The highest BCUT2D eigenvalue weighted by atomic mass is 79.9. The van der Waals surface area contributed by atoms with Gasteiger partial charge < -0.3 is 15.8 Å². The number of hydrogen-bond donors (Lipinski definition) is 2. The Hall–Kier alpha value is -2.22. The van der Waals surface area contributed by atoms with E-state index in [2.05, 4.69) is 32.0 Å². The zero-order valence-corrected chi connectivity index (χ0v) is 18.1. The molecule has 1 aliphatic rings. The Kier molecular flexibility index (Phi) is 7.41. The van der Waals surface area contributed by atoms with Gasteiger partial charge in [0, 0.05) is 27.0 Å². The van der Waals surface area contributed by atoms with Gasteiger partial charge in [-0.3, -0.25) is 9.59 Å². The molecule has 6 nitrogen and oxygen atoms in total. The second-order valence-corrected chi connectivity index (χ2v) is 7.97. The second kappa shape index (κ2) is 10.0. The highest BCUT2D eigenvalue weighted by Gasteiger charge is 2.29. The molecule has 0 bridgehead atoms. The summed E-state index contributed by atoms with van der Waals surface area (Å²) in [5, 5.41) is 3.29. The maximum absolute atomic E-state index is 12.7. The van der Waals surface area contributed by atoms with Crippen LogP contribution < -0.4 is 11.1 Å². The number of quaternary nitrogens is 1. The molecule has 152 valence electrons. The first-order chi connectivity index (χ1) is 14.0. The Morgan fingerprint density at radius 2 is 1.97 bits per heavy atom. The van der Waals surface area contributed by atoms with Crippen LogP contribution in [0.15, 0.2) is 51.9 Å². The van der Waals surface area contributed by atoms with E-state index in [1.54, 1.807) is 12.1 Å². The lowest BCUT2D eigenvalue weighted by Crippen LogP contribution is -2.50. The molecule has 2 aromatic rings. The molecule has 1 heterocycles. The smallest absolute Gasteiger partial charge is 0.308 e. The molecule has 0 aromatic heterocycles. The molecule has 0 aliphatic carbocycles. The van der Waals surface area contributed by atoms with Crippen molar-refractivity contribution in [2.75, 3.05) is 11.9 Å². The third-order valence-corrected chi connectivity index (χ3v) is 5.29. The number of carbonyl (C=O) groups excluding carboxylic acids is 2. The first kappa shape index (κ1) is 21.5. The number of nitrogens with one attached hydrogen (secondary N) is 1. The third-order valence-electron chi connectivity index (χ3n) is 4.47. The quantitative estimate of drug-likeness (QED) is 0.469. The number of carbonyl (C=O) groups is 2. The SMILES string of the molecule is [NH3+]CCCCCC(=O)OC1N=C(c2ccccc2Cl)c2cc(Br)ccc2NC1=O. The molecule has 3 rings (SSSR count). The normalized spacial score (nSPS) is 15.8. The van der Waals surface area contributed by atoms with Gasteiger partial charge in [0.2, 0.25) is 0 Å². The molecular formula is C21H22BrClN3O3+. The van der Waals surface area contributed by atoms with Crippen LogP contribution in [-0.4, -0.2) is 30.4 Å². The first-order valence-electron chi connectivity index (χ1n) is 9.42. The van der Waals surface area contributed by atoms with Crippen LogP contribution in [0.1, 0.15) is 36.8 Å². The molecule has 1 atom stereocenters. The molecule has 8 heteroatoms. The van der Waals surface area contributed by atoms with E-state index >= 15 is 0 Å². The maximum atomic E-state index is 12.7. The van der Waals surface area contributed by atoms with E-state index in [4.69, 9.17) is 16.3 Å². The zero-order chi connectivity index (χ0) is 20.8. The molecular weight excluding hydrogens is 458 g/mol. The van der Waals surface area contributed by atoms with Gasteiger partial charge in [0.15, 0.2) is 0 Å². The van der Waals surface area contributed by atoms with Crippen molar-refractivity contribution in [3.05, 3.63) is 63.1 Å². The van der Waals surface area contributed by atoms with E-state index in [1.165, 1.54) is 0 Å². The van der Waals surface area contributed by atoms with Crippen molar-refractivity contribution in [1.29, 1.82) is 0 Å². The largest absolute Gasteiger partial charge is 0.430 e. The summed E-state index contributed by atoms with van der Waals surface area (Å²) < 4.78 is 6.23. The van der Waals surface area contributed by atoms with Gasteiger partial charge in [0.25, 0.3) is 12.1 Å². The molecule has 0 radical (unpaired) electrons. The Morgan fingerprint density at radius 1 is 1.17 bits per heavy atom. The van der Waals surface area contributed by atoms with Gasteiger partial charge in [0.1, 0.15) is 0 Å². The van der Waals surface area contributed by atoms with Crippen LogP contribution in [0.5, 0.6) is 0 Å². The minimum atomic E-state index is -1.28. The fourth-order valence-corrected chi connectivity index (χ4v) is 3.60. The fourth-order valence-electron chi connectivity index (χ4n) is 3.02. The number of rotatable bonds is 7. The second-order valence-electron chi connectivity index (χ2n) is 6.64. The first-order valence-corrected chi connectivity index (χ1v) is 10.6. The minimum Gasteiger partial charge on any atom is -0.430 e. The lowest BCUT2D eigenvalue weighted by molar-refractivity contribution is -0.368. The number of benzodiazepines with no additional fused rings is 1. The molecule has 1 aliphatic heterocycles. The number of ether oxygens (including phenoxy) is 1. The number of benzene rings is 2. The summed E-state index contributed by atoms with van der Waals surface area (Å²) in [5.74, 6) is -0.953. The zero-order valence-electron chi connectivity index (χ0n) is 15.8. The molecule has 0 saturated heterocycles. The van der Waals surface area contributed by atoms with E-state index in [-0.39, 0.29) is 6.42 Å². The number of unbranched alkanes of at least 4 members (excludes halogenated alkanes) is 2. The van der Waals surface area contributed by atoms with Crippen LogP contribution >= 0.6 is 27.5 Å². The van der Waals surface area contributed by atoms with Gasteiger partial charge in [-0.2, -0.15) is 0 Å². The van der Waals surface area contributed by atoms with Crippen molar-refractivity contribution in [2.24, 2.45) is 4.99 Å². The molecule has 4 N–H and O–H groups in total. The monoisotopic (exact) mass is 478 g/mol. The summed E-state index contributed by atoms with van der Waals surface area (Å²) in [6.07, 6.45) is 1.49. The van der Waals surface area contributed by atoms with Crippen molar-refractivity contribution in [2.45, 2.75) is 31.9 Å². The lowest BCUT2D eigenvalue weighted by atomic mass is 10.0. The Bertz CT molecular complexity index is 949. The van der Waals surface area contributed by atoms with Gasteiger partial charge in [-0.05, 0) is 43.5 Å². The van der Waals surface area contributed by atoms with Crippen LogP contribution in [0.2, 0.25) is 5.02 Å². The standard InChI is InChI=1S/C21H21BrClN3O3/c22-13-9-10-17-15(12-13)19(14-6-3-4-7-16(14)23)26-21(20(28)25-17)29-18(27)8-2-1-5-11-24/h3-4,6-7,9-10,12,21H,1-2,5,8,11,24H2,(H,25,28)/p+1.